The highest BCUT2D eigenvalue weighted by Crippen LogP contribution is 2.20. The Balaban J connectivity index is 1.95. The van der Waals surface area contributed by atoms with Crippen LogP contribution in [-0.4, -0.2) is 6.61 Å². The number of ether oxygens (including phenoxy) is 2. The second kappa shape index (κ2) is 6.36. The molecule has 2 aromatic carbocycles. The number of hydrogen-bond acceptors (Lipinski definition) is 2. The first-order valence-electron chi connectivity index (χ1n) is 5.71. The van der Waals surface area contributed by atoms with E-state index in [4.69, 9.17) is 15.9 Å². The summed E-state index contributed by atoms with van der Waals surface area (Å²) in [5.41, 5.74) is 1.13. The fraction of sp³-hybridized carbons (Fsp3) is 0.125. The largest absolute Gasteiger partial charge is 0.489 e. The molecule has 90 valence electrons. The van der Waals surface area contributed by atoms with Gasteiger partial charge in [-0.25, -0.2) is 0 Å². The molecule has 0 bridgehead atoms. The molecule has 2 rings (SSSR count). The van der Waals surface area contributed by atoms with Gasteiger partial charge in [-0.2, -0.15) is 0 Å². The molecule has 0 atom stereocenters. The van der Waals surface area contributed by atoms with Crippen molar-refractivity contribution >= 4 is 0 Å². The number of rotatable bonds is 5. The van der Waals surface area contributed by atoms with E-state index in [-0.39, 0.29) is 6.61 Å². The minimum atomic E-state index is 0.266. The number of hydrogen-bond donors (Lipinski definition) is 0. The fourth-order valence-electron chi connectivity index (χ4n) is 1.52. The van der Waals surface area contributed by atoms with Gasteiger partial charge in [-0.05, 0) is 17.7 Å². The molecule has 0 heterocycles. The lowest BCUT2D eigenvalue weighted by atomic mass is 10.2. The van der Waals surface area contributed by atoms with Crippen LogP contribution in [0.5, 0.6) is 11.5 Å². The van der Waals surface area contributed by atoms with Crippen LogP contribution in [0.1, 0.15) is 5.56 Å². The van der Waals surface area contributed by atoms with Crippen molar-refractivity contribution in [2.75, 3.05) is 6.61 Å². The van der Waals surface area contributed by atoms with E-state index >= 15 is 0 Å². The highest BCUT2D eigenvalue weighted by Gasteiger charge is 1.98. The monoisotopic (exact) mass is 238 g/mol. The molecule has 0 amide bonds. The van der Waals surface area contributed by atoms with Crippen LogP contribution in [0.3, 0.4) is 0 Å². The van der Waals surface area contributed by atoms with Crippen molar-refractivity contribution < 1.29 is 9.47 Å². The zero-order chi connectivity index (χ0) is 12.6. The summed E-state index contributed by atoms with van der Waals surface area (Å²) >= 11 is 0. The van der Waals surface area contributed by atoms with Gasteiger partial charge in [-0.15, -0.1) is 6.42 Å². The predicted molar refractivity (Wildman–Crippen MR) is 71.5 cm³/mol. The van der Waals surface area contributed by atoms with E-state index in [0.717, 1.165) is 17.1 Å². The Morgan fingerprint density at radius 2 is 1.61 bits per heavy atom. The highest BCUT2D eigenvalue weighted by molar-refractivity contribution is 5.33. The zero-order valence-electron chi connectivity index (χ0n) is 10.0. The Labute approximate surface area is 107 Å². The summed E-state index contributed by atoms with van der Waals surface area (Å²) in [6, 6.07) is 17.5. The summed E-state index contributed by atoms with van der Waals surface area (Å²) in [6.07, 6.45) is 5.14. The molecule has 2 aromatic rings. The van der Waals surface area contributed by atoms with Crippen LogP contribution in [0.25, 0.3) is 0 Å². The highest BCUT2D eigenvalue weighted by atomic mass is 16.5. The number of terminal acetylenes is 1. The van der Waals surface area contributed by atoms with Crippen molar-refractivity contribution in [2.24, 2.45) is 0 Å². The van der Waals surface area contributed by atoms with Gasteiger partial charge in [0.15, 0.2) is 0 Å². The Kier molecular flexibility index (Phi) is 4.27. The van der Waals surface area contributed by atoms with Crippen molar-refractivity contribution in [1.82, 2.24) is 0 Å². The molecule has 0 aromatic heterocycles. The Morgan fingerprint density at radius 3 is 2.33 bits per heavy atom. The summed E-state index contributed by atoms with van der Waals surface area (Å²) in [5, 5.41) is 0. The molecule has 0 spiro atoms. The Morgan fingerprint density at radius 1 is 0.889 bits per heavy atom. The third-order valence-electron chi connectivity index (χ3n) is 2.38. The summed E-state index contributed by atoms with van der Waals surface area (Å²) in [5.74, 6) is 3.92. The molecule has 0 fully saturated rings. The Bertz CT molecular complexity index is 526. The molecule has 0 radical (unpaired) electrons. The van der Waals surface area contributed by atoms with Gasteiger partial charge in [0.1, 0.15) is 24.7 Å². The molecule has 0 saturated heterocycles. The topological polar surface area (TPSA) is 18.5 Å². The molecule has 18 heavy (non-hydrogen) atoms. The lowest BCUT2D eigenvalue weighted by molar-refractivity contribution is 0.302. The van der Waals surface area contributed by atoms with Gasteiger partial charge >= 0.3 is 0 Å². The van der Waals surface area contributed by atoms with E-state index in [0.29, 0.717) is 6.61 Å². The quantitative estimate of drug-likeness (QED) is 0.744. The van der Waals surface area contributed by atoms with Crippen LogP contribution in [-0.2, 0) is 6.61 Å². The SMILES string of the molecule is C#CCOc1cccc(OCc2ccccc2)c1. The van der Waals surface area contributed by atoms with E-state index in [1.807, 2.05) is 54.6 Å². The van der Waals surface area contributed by atoms with E-state index in [1.54, 1.807) is 0 Å². The zero-order valence-corrected chi connectivity index (χ0v) is 10.0. The van der Waals surface area contributed by atoms with E-state index in [2.05, 4.69) is 5.92 Å². The average Bonchev–Trinajstić information content (AvgIpc) is 2.44. The standard InChI is InChI=1S/C16H14O2/c1-2-11-17-15-9-6-10-16(12-15)18-13-14-7-4-3-5-8-14/h1,3-10,12H,11,13H2. The maximum Gasteiger partial charge on any atom is 0.148 e. The van der Waals surface area contributed by atoms with Crippen molar-refractivity contribution in [3.8, 4) is 23.8 Å². The first-order chi connectivity index (χ1) is 8.88. The van der Waals surface area contributed by atoms with Crippen LogP contribution in [0, 0.1) is 12.3 Å². The van der Waals surface area contributed by atoms with E-state index in [9.17, 15) is 0 Å². The van der Waals surface area contributed by atoms with Gasteiger partial charge in [0.25, 0.3) is 0 Å². The van der Waals surface area contributed by atoms with Gasteiger partial charge in [0.2, 0.25) is 0 Å². The summed E-state index contributed by atoms with van der Waals surface area (Å²) < 4.78 is 11.0. The second-order valence-electron chi connectivity index (χ2n) is 3.74. The molecule has 2 heteroatoms. The minimum absolute atomic E-state index is 0.266. The normalized spacial score (nSPS) is 9.50. The molecule has 0 unspecified atom stereocenters. The van der Waals surface area contributed by atoms with Crippen molar-refractivity contribution in [1.29, 1.82) is 0 Å². The van der Waals surface area contributed by atoms with Gasteiger partial charge in [-0.3, -0.25) is 0 Å². The van der Waals surface area contributed by atoms with Crippen molar-refractivity contribution in [2.45, 2.75) is 6.61 Å². The van der Waals surface area contributed by atoms with Gasteiger partial charge in [-0.1, -0.05) is 42.3 Å². The van der Waals surface area contributed by atoms with Crippen LogP contribution >= 0.6 is 0 Å². The predicted octanol–water partition coefficient (Wildman–Crippen LogP) is 3.28. The smallest absolute Gasteiger partial charge is 0.148 e. The lowest BCUT2D eigenvalue weighted by Crippen LogP contribution is -1.97. The molecule has 2 nitrogen and oxygen atoms in total. The van der Waals surface area contributed by atoms with Gasteiger partial charge < -0.3 is 9.47 Å². The third kappa shape index (κ3) is 3.57. The first-order valence-corrected chi connectivity index (χ1v) is 5.71. The third-order valence-corrected chi connectivity index (χ3v) is 2.38. The minimum Gasteiger partial charge on any atom is -0.489 e. The molecule has 0 aliphatic rings. The summed E-state index contributed by atoms with van der Waals surface area (Å²) in [4.78, 5) is 0. The first kappa shape index (κ1) is 12.1. The summed E-state index contributed by atoms with van der Waals surface area (Å²) in [6.45, 7) is 0.807. The average molecular weight is 238 g/mol. The lowest BCUT2D eigenvalue weighted by Gasteiger charge is -2.08. The molecule has 0 aliphatic heterocycles. The van der Waals surface area contributed by atoms with Crippen LogP contribution in [0.4, 0.5) is 0 Å². The maximum absolute atomic E-state index is 5.68. The second-order valence-corrected chi connectivity index (χ2v) is 3.74. The number of benzene rings is 2. The Hall–Kier alpha value is -2.40. The van der Waals surface area contributed by atoms with Crippen LogP contribution in [0.2, 0.25) is 0 Å². The summed E-state index contributed by atoms with van der Waals surface area (Å²) in [7, 11) is 0. The van der Waals surface area contributed by atoms with Gasteiger partial charge in [0, 0.05) is 6.07 Å². The van der Waals surface area contributed by atoms with Crippen molar-refractivity contribution in [3.05, 3.63) is 60.2 Å². The van der Waals surface area contributed by atoms with E-state index in [1.165, 1.54) is 0 Å². The maximum atomic E-state index is 5.68. The van der Waals surface area contributed by atoms with Crippen molar-refractivity contribution in [3.63, 3.8) is 0 Å². The van der Waals surface area contributed by atoms with E-state index < -0.39 is 0 Å². The molecule has 0 saturated carbocycles. The molecular formula is C16H14O2. The van der Waals surface area contributed by atoms with Gasteiger partial charge in [0.05, 0.1) is 0 Å². The molecular weight excluding hydrogens is 224 g/mol. The fourth-order valence-corrected chi connectivity index (χ4v) is 1.52. The molecule has 0 N–H and O–H groups in total. The van der Waals surface area contributed by atoms with Crippen LogP contribution < -0.4 is 9.47 Å². The molecule has 0 aliphatic carbocycles. The van der Waals surface area contributed by atoms with Crippen LogP contribution in [0.15, 0.2) is 54.6 Å².